The first-order valence-corrected chi connectivity index (χ1v) is 11.0. The maximum Gasteiger partial charge on any atom is 0.694 e. The topological polar surface area (TPSA) is 108 Å². The SMILES string of the molecule is CCCC.CCCn1cnc2c1c(=O)n(CCCCCO[P+](=O)O)c(=O)n2C. The molecule has 2 aromatic heterocycles. The van der Waals surface area contributed by atoms with E-state index < -0.39 is 8.25 Å². The summed E-state index contributed by atoms with van der Waals surface area (Å²) in [5, 5.41) is 0. The summed E-state index contributed by atoms with van der Waals surface area (Å²) in [4.78, 5) is 37.7. The largest absolute Gasteiger partial charge is 0.694 e. The van der Waals surface area contributed by atoms with Crippen LogP contribution < -0.4 is 11.2 Å². The molecule has 2 rings (SSSR count). The van der Waals surface area contributed by atoms with E-state index in [2.05, 4.69) is 23.4 Å². The fraction of sp³-hybridized carbons (Fsp3) is 0.722. The van der Waals surface area contributed by atoms with E-state index in [4.69, 9.17) is 4.89 Å². The molecule has 2 heterocycles. The van der Waals surface area contributed by atoms with E-state index in [0.29, 0.717) is 43.5 Å². The molecule has 0 spiro atoms. The molecule has 1 atom stereocenters. The van der Waals surface area contributed by atoms with Gasteiger partial charge >= 0.3 is 13.9 Å². The Kier molecular flexibility index (Phi) is 10.9. The Labute approximate surface area is 165 Å². The molecule has 0 radical (unpaired) electrons. The molecule has 158 valence electrons. The molecule has 0 fully saturated rings. The summed E-state index contributed by atoms with van der Waals surface area (Å²) in [5.74, 6) is 0. The Morgan fingerprint density at radius 3 is 2.32 bits per heavy atom. The summed E-state index contributed by atoms with van der Waals surface area (Å²) in [5.41, 5.74) is 0.132. The van der Waals surface area contributed by atoms with Crippen molar-refractivity contribution in [3.8, 4) is 0 Å². The minimum atomic E-state index is -2.57. The van der Waals surface area contributed by atoms with E-state index in [1.54, 1.807) is 17.9 Å². The lowest BCUT2D eigenvalue weighted by molar-refractivity contribution is 0.273. The van der Waals surface area contributed by atoms with Crippen LogP contribution >= 0.6 is 8.25 Å². The van der Waals surface area contributed by atoms with E-state index >= 15 is 0 Å². The molecule has 1 N–H and O–H groups in total. The second-order valence-corrected chi connectivity index (χ2v) is 7.27. The van der Waals surface area contributed by atoms with Gasteiger partial charge in [-0.05, 0) is 25.7 Å². The Bertz CT molecular complexity index is 869. The molecular weight excluding hydrogens is 383 g/mol. The van der Waals surface area contributed by atoms with Gasteiger partial charge in [0, 0.05) is 24.7 Å². The zero-order valence-electron chi connectivity index (χ0n) is 17.3. The van der Waals surface area contributed by atoms with Crippen LogP contribution in [-0.4, -0.2) is 30.2 Å². The summed E-state index contributed by atoms with van der Waals surface area (Å²) in [6.07, 6.45) is 6.97. The van der Waals surface area contributed by atoms with E-state index in [0.717, 1.165) is 6.42 Å². The predicted molar refractivity (Wildman–Crippen MR) is 110 cm³/mol. The van der Waals surface area contributed by atoms with Gasteiger partial charge in [0.1, 0.15) is 6.61 Å². The van der Waals surface area contributed by atoms with Crippen LogP contribution in [0, 0.1) is 0 Å². The molecule has 0 aliphatic carbocycles. The second kappa shape index (κ2) is 12.6. The zero-order chi connectivity index (χ0) is 21.1. The average molecular weight is 415 g/mol. The first-order chi connectivity index (χ1) is 13.4. The van der Waals surface area contributed by atoms with Crippen molar-refractivity contribution < 1.29 is 14.0 Å². The Balaban J connectivity index is 0.000000892. The number of aromatic nitrogens is 4. The van der Waals surface area contributed by atoms with Crippen LogP contribution in [0.4, 0.5) is 0 Å². The summed E-state index contributed by atoms with van der Waals surface area (Å²) in [7, 11) is -0.963. The highest BCUT2D eigenvalue weighted by Crippen LogP contribution is 2.15. The van der Waals surface area contributed by atoms with Crippen molar-refractivity contribution in [1.29, 1.82) is 0 Å². The zero-order valence-corrected chi connectivity index (χ0v) is 18.2. The second-order valence-electron chi connectivity index (χ2n) is 6.54. The molecular formula is C18H32N4O5P+. The average Bonchev–Trinajstić information content (AvgIpc) is 3.09. The van der Waals surface area contributed by atoms with E-state index in [9.17, 15) is 14.2 Å². The summed E-state index contributed by atoms with van der Waals surface area (Å²) in [6.45, 7) is 7.51. The van der Waals surface area contributed by atoms with Crippen LogP contribution in [0.15, 0.2) is 15.9 Å². The number of nitrogens with zero attached hydrogens (tertiary/aromatic N) is 4. The molecule has 10 heteroatoms. The van der Waals surface area contributed by atoms with Gasteiger partial charge in [-0.15, -0.1) is 9.42 Å². The van der Waals surface area contributed by atoms with Crippen LogP contribution in [0.3, 0.4) is 0 Å². The third-order valence-corrected chi connectivity index (χ3v) is 4.70. The highest BCUT2D eigenvalue weighted by Gasteiger charge is 2.16. The molecule has 9 nitrogen and oxygen atoms in total. The summed E-state index contributed by atoms with van der Waals surface area (Å²) in [6, 6.07) is 0. The Morgan fingerprint density at radius 2 is 1.75 bits per heavy atom. The van der Waals surface area contributed by atoms with Crippen LogP contribution in [0.25, 0.3) is 11.2 Å². The minimum Gasteiger partial charge on any atom is -0.325 e. The van der Waals surface area contributed by atoms with Crippen molar-refractivity contribution in [3.63, 3.8) is 0 Å². The van der Waals surface area contributed by atoms with Crippen molar-refractivity contribution in [1.82, 2.24) is 18.7 Å². The monoisotopic (exact) mass is 415 g/mol. The quantitative estimate of drug-likeness (QED) is 0.472. The van der Waals surface area contributed by atoms with Crippen LogP contribution in [0.2, 0.25) is 0 Å². The van der Waals surface area contributed by atoms with E-state index in [-0.39, 0.29) is 17.9 Å². The number of hydrogen-bond donors (Lipinski definition) is 1. The van der Waals surface area contributed by atoms with Gasteiger partial charge < -0.3 is 4.57 Å². The molecule has 0 bridgehead atoms. The van der Waals surface area contributed by atoms with Crippen LogP contribution in [0.5, 0.6) is 0 Å². The summed E-state index contributed by atoms with van der Waals surface area (Å²) >= 11 is 0. The van der Waals surface area contributed by atoms with Crippen LogP contribution in [0.1, 0.15) is 59.3 Å². The Morgan fingerprint density at radius 1 is 1.07 bits per heavy atom. The van der Waals surface area contributed by atoms with Gasteiger partial charge in [-0.25, -0.2) is 9.78 Å². The molecule has 0 saturated carbocycles. The van der Waals surface area contributed by atoms with Crippen molar-refractivity contribution >= 4 is 19.4 Å². The number of fused-ring (bicyclic) bond motifs is 1. The smallest absolute Gasteiger partial charge is 0.325 e. The number of rotatable bonds is 10. The highest BCUT2D eigenvalue weighted by molar-refractivity contribution is 7.32. The normalized spacial score (nSPS) is 11.4. The highest BCUT2D eigenvalue weighted by atomic mass is 31.1. The molecule has 0 saturated heterocycles. The third kappa shape index (κ3) is 6.65. The molecule has 2 aromatic rings. The number of imidazole rings is 1. The number of hydrogen-bond acceptors (Lipinski definition) is 5. The van der Waals surface area contributed by atoms with Gasteiger partial charge in [-0.1, -0.05) is 33.6 Å². The minimum absolute atomic E-state index is 0.181. The van der Waals surface area contributed by atoms with Gasteiger partial charge in [0.2, 0.25) is 0 Å². The first-order valence-electron chi connectivity index (χ1n) is 9.82. The molecule has 0 aliphatic rings. The lowest BCUT2D eigenvalue weighted by atomic mass is 10.2. The molecule has 0 amide bonds. The Hall–Kier alpha value is -1.83. The van der Waals surface area contributed by atoms with Crippen molar-refractivity contribution in [2.45, 2.75) is 72.4 Å². The first kappa shape index (κ1) is 24.2. The van der Waals surface area contributed by atoms with Gasteiger partial charge in [-0.3, -0.25) is 13.9 Å². The standard InChI is InChI=1S/C14H21N4O5P.C4H10/c1-3-7-17-10-15-12-11(17)13(19)18(14(20)16(12)2)8-5-4-6-9-23-24(21)22;1-3-4-2/h10H,3-9H2,1-2H3;3-4H2,1-2H3/p+1. The maximum absolute atomic E-state index is 12.7. The van der Waals surface area contributed by atoms with Crippen LogP contribution in [-0.2, 0) is 29.2 Å². The van der Waals surface area contributed by atoms with E-state index in [1.165, 1.54) is 22.0 Å². The fourth-order valence-electron chi connectivity index (χ4n) is 2.62. The van der Waals surface area contributed by atoms with Gasteiger partial charge in [0.05, 0.1) is 6.33 Å². The molecule has 0 aliphatic heterocycles. The van der Waals surface area contributed by atoms with Gasteiger partial charge in [0.15, 0.2) is 11.2 Å². The van der Waals surface area contributed by atoms with E-state index in [1.807, 2.05) is 6.92 Å². The predicted octanol–water partition coefficient (Wildman–Crippen LogP) is 2.95. The third-order valence-electron chi connectivity index (χ3n) is 4.29. The lowest BCUT2D eigenvalue weighted by Crippen LogP contribution is -2.39. The number of unbranched alkanes of at least 4 members (excludes halogenated alkanes) is 3. The van der Waals surface area contributed by atoms with Gasteiger partial charge in [0.25, 0.3) is 5.56 Å². The number of aryl methyl sites for hydroxylation is 2. The maximum atomic E-state index is 12.7. The van der Waals surface area contributed by atoms with Crippen molar-refractivity contribution in [2.24, 2.45) is 7.05 Å². The van der Waals surface area contributed by atoms with Gasteiger partial charge in [-0.2, -0.15) is 0 Å². The summed E-state index contributed by atoms with van der Waals surface area (Å²) < 4.78 is 19.4. The lowest BCUT2D eigenvalue weighted by Gasteiger charge is -2.09. The molecule has 0 aromatic carbocycles. The van der Waals surface area contributed by atoms with Crippen molar-refractivity contribution in [3.05, 3.63) is 27.2 Å². The fourth-order valence-corrected chi connectivity index (χ4v) is 2.91. The molecule has 1 unspecified atom stereocenters. The van der Waals surface area contributed by atoms with Crippen molar-refractivity contribution in [2.75, 3.05) is 6.61 Å². The molecule has 28 heavy (non-hydrogen) atoms.